The maximum absolute atomic E-state index is 14.5. The molecule has 3 aromatic rings. The van der Waals surface area contributed by atoms with Crippen LogP contribution in [0.15, 0.2) is 84.9 Å². The number of aryl methyl sites for hydroxylation is 1. The molecule has 0 aliphatic heterocycles. The molecule has 7 nitrogen and oxygen atoms in total. The Hall–Kier alpha value is -4.13. The Balaban J connectivity index is 2.03. The zero-order valence-electron chi connectivity index (χ0n) is 25.2. The van der Waals surface area contributed by atoms with E-state index >= 15 is 0 Å². The highest BCUT2D eigenvalue weighted by molar-refractivity contribution is 5.92. The lowest BCUT2D eigenvalue weighted by Gasteiger charge is -2.43. The minimum Gasteiger partial charge on any atom is -0.444 e. The van der Waals surface area contributed by atoms with E-state index < -0.39 is 29.3 Å². The van der Waals surface area contributed by atoms with Crippen LogP contribution < -0.4 is 10.6 Å². The highest BCUT2D eigenvalue weighted by Gasteiger charge is 2.42. The molecule has 2 atom stereocenters. The highest BCUT2D eigenvalue weighted by Crippen LogP contribution is 2.31. The van der Waals surface area contributed by atoms with Crippen molar-refractivity contribution in [2.24, 2.45) is 0 Å². The van der Waals surface area contributed by atoms with Gasteiger partial charge in [-0.25, -0.2) is 4.79 Å². The van der Waals surface area contributed by atoms with Gasteiger partial charge in [-0.15, -0.1) is 0 Å². The molecule has 0 spiro atoms. The molecule has 0 saturated carbocycles. The average molecular weight is 558 g/mol. The summed E-state index contributed by atoms with van der Waals surface area (Å²) in [6.07, 6.45) is -0.460. The molecule has 2 unspecified atom stereocenters. The fourth-order valence-electron chi connectivity index (χ4n) is 4.56. The highest BCUT2D eigenvalue weighted by atomic mass is 16.6. The van der Waals surface area contributed by atoms with Gasteiger partial charge in [0.2, 0.25) is 11.8 Å². The van der Waals surface area contributed by atoms with Gasteiger partial charge in [0.05, 0.1) is 0 Å². The Labute approximate surface area is 244 Å². The lowest BCUT2D eigenvalue weighted by atomic mass is 9.93. The first kappa shape index (κ1) is 31.4. The topological polar surface area (TPSA) is 87.7 Å². The van der Waals surface area contributed by atoms with E-state index in [-0.39, 0.29) is 18.2 Å². The van der Waals surface area contributed by atoms with Crippen LogP contribution in [-0.4, -0.2) is 40.0 Å². The summed E-state index contributed by atoms with van der Waals surface area (Å²) in [4.78, 5) is 43.0. The van der Waals surface area contributed by atoms with Crippen molar-refractivity contribution in [3.8, 4) is 0 Å². The summed E-state index contributed by atoms with van der Waals surface area (Å²) in [5, 5.41) is 5.84. The minimum atomic E-state index is -0.971. The number of rotatable bonds is 9. The van der Waals surface area contributed by atoms with Gasteiger partial charge in [0, 0.05) is 18.5 Å². The molecule has 0 saturated heterocycles. The van der Waals surface area contributed by atoms with E-state index in [9.17, 15) is 14.4 Å². The van der Waals surface area contributed by atoms with Crippen molar-refractivity contribution in [2.45, 2.75) is 84.7 Å². The van der Waals surface area contributed by atoms with Crippen molar-refractivity contribution in [1.82, 2.24) is 15.5 Å². The van der Waals surface area contributed by atoms with E-state index in [1.165, 1.54) is 0 Å². The van der Waals surface area contributed by atoms with E-state index in [4.69, 9.17) is 4.74 Å². The largest absolute Gasteiger partial charge is 0.444 e. The molecule has 0 aliphatic carbocycles. The molecule has 218 valence electrons. The van der Waals surface area contributed by atoms with Crippen molar-refractivity contribution in [1.29, 1.82) is 0 Å². The summed E-state index contributed by atoms with van der Waals surface area (Å²) in [5.41, 5.74) is 2.03. The number of amides is 3. The zero-order chi connectivity index (χ0) is 30.2. The number of alkyl carbamates (subject to hydrolysis) is 1. The van der Waals surface area contributed by atoms with Gasteiger partial charge in [0.25, 0.3) is 0 Å². The Morgan fingerprint density at radius 3 is 1.83 bits per heavy atom. The number of nitrogens with one attached hydrogen (secondary N) is 2. The van der Waals surface area contributed by atoms with Gasteiger partial charge in [-0.2, -0.15) is 0 Å². The van der Waals surface area contributed by atoms with Crippen molar-refractivity contribution < 1.29 is 19.1 Å². The summed E-state index contributed by atoms with van der Waals surface area (Å²) in [6, 6.07) is 24.8. The van der Waals surface area contributed by atoms with Crippen LogP contribution in [0.2, 0.25) is 0 Å². The van der Waals surface area contributed by atoms with Crippen molar-refractivity contribution >= 4 is 17.9 Å². The molecule has 3 rings (SSSR count). The summed E-state index contributed by atoms with van der Waals surface area (Å²) >= 11 is 0. The molecular weight excluding hydrogens is 514 g/mol. The van der Waals surface area contributed by atoms with Crippen LogP contribution in [0.25, 0.3) is 0 Å². The minimum absolute atomic E-state index is 0.234. The average Bonchev–Trinajstić information content (AvgIpc) is 2.89. The molecule has 0 heterocycles. The second-order valence-corrected chi connectivity index (χ2v) is 12.3. The zero-order valence-corrected chi connectivity index (χ0v) is 25.2. The van der Waals surface area contributed by atoms with Gasteiger partial charge in [-0.1, -0.05) is 90.5 Å². The standard InChI is InChI=1S/C34H43N3O4/c1-24-18-20-27(21-19-24)29(30(38)35-23-26-16-12-9-13-17-26)37(33(2,3)4)31(39)28(22-25-14-10-8-11-15-25)36-32(40)41-34(5,6)7/h8-21,28-29H,22-23H2,1-7H3,(H,35,38)(H,36,40). The van der Waals surface area contributed by atoms with Gasteiger partial charge in [0.15, 0.2) is 0 Å². The molecule has 7 heteroatoms. The van der Waals surface area contributed by atoms with Crippen LogP contribution in [-0.2, 0) is 27.3 Å². The lowest BCUT2D eigenvalue weighted by molar-refractivity contribution is -0.148. The first-order valence-corrected chi connectivity index (χ1v) is 14.0. The van der Waals surface area contributed by atoms with E-state index in [1.54, 1.807) is 25.7 Å². The number of carbonyl (C=O) groups is 3. The van der Waals surface area contributed by atoms with Crippen LogP contribution >= 0.6 is 0 Å². The van der Waals surface area contributed by atoms with E-state index in [1.807, 2.05) is 113 Å². The first-order chi connectivity index (χ1) is 19.2. The molecular formula is C34H43N3O4. The Morgan fingerprint density at radius 1 is 0.780 bits per heavy atom. The summed E-state index contributed by atoms with van der Waals surface area (Å²) in [5.74, 6) is -0.690. The van der Waals surface area contributed by atoms with Gasteiger partial charge >= 0.3 is 6.09 Å². The molecule has 0 aromatic heterocycles. The molecule has 0 aliphatic rings. The molecule has 0 bridgehead atoms. The SMILES string of the molecule is Cc1ccc(C(C(=O)NCc2ccccc2)N(C(=O)C(Cc2ccccc2)NC(=O)OC(C)(C)C)C(C)(C)C)cc1. The fourth-order valence-corrected chi connectivity index (χ4v) is 4.56. The van der Waals surface area contributed by atoms with Gasteiger partial charge in [0.1, 0.15) is 17.7 Å². The third-order valence-electron chi connectivity index (χ3n) is 6.44. The monoisotopic (exact) mass is 557 g/mol. The number of hydrogen-bond donors (Lipinski definition) is 2. The smallest absolute Gasteiger partial charge is 0.408 e. The summed E-state index contributed by atoms with van der Waals surface area (Å²) in [6.45, 7) is 13.3. The quantitative estimate of drug-likeness (QED) is 0.332. The number of hydrogen-bond acceptors (Lipinski definition) is 4. The number of nitrogens with zero attached hydrogens (tertiary/aromatic N) is 1. The second kappa shape index (κ2) is 13.5. The van der Waals surface area contributed by atoms with Gasteiger partial charge in [-0.05, 0) is 65.2 Å². The number of ether oxygens (including phenoxy) is 1. The van der Waals surface area contributed by atoms with E-state index in [2.05, 4.69) is 10.6 Å². The van der Waals surface area contributed by atoms with Crippen molar-refractivity contribution in [3.63, 3.8) is 0 Å². The van der Waals surface area contributed by atoms with E-state index in [0.717, 1.165) is 16.7 Å². The second-order valence-electron chi connectivity index (χ2n) is 12.3. The molecule has 3 amide bonds. The molecule has 2 N–H and O–H groups in total. The number of carbonyl (C=O) groups excluding carboxylic acids is 3. The Morgan fingerprint density at radius 2 is 1.32 bits per heavy atom. The molecule has 0 radical (unpaired) electrons. The van der Waals surface area contributed by atoms with Crippen LogP contribution in [0.4, 0.5) is 4.79 Å². The fraction of sp³-hybridized carbons (Fsp3) is 0.382. The van der Waals surface area contributed by atoms with Gasteiger partial charge in [-0.3, -0.25) is 9.59 Å². The van der Waals surface area contributed by atoms with Crippen LogP contribution in [0.3, 0.4) is 0 Å². The molecule has 3 aromatic carbocycles. The normalized spacial score (nSPS) is 13.0. The summed E-state index contributed by atoms with van der Waals surface area (Å²) in [7, 11) is 0. The Kier molecular flexibility index (Phi) is 10.3. The predicted octanol–water partition coefficient (Wildman–Crippen LogP) is 6.12. The third kappa shape index (κ3) is 9.48. The maximum atomic E-state index is 14.5. The maximum Gasteiger partial charge on any atom is 0.408 e. The first-order valence-electron chi connectivity index (χ1n) is 14.0. The van der Waals surface area contributed by atoms with E-state index in [0.29, 0.717) is 12.1 Å². The van der Waals surface area contributed by atoms with Crippen LogP contribution in [0, 0.1) is 6.92 Å². The molecule has 0 fully saturated rings. The van der Waals surface area contributed by atoms with Crippen LogP contribution in [0.5, 0.6) is 0 Å². The number of benzene rings is 3. The van der Waals surface area contributed by atoms with Gasteiger partial charge < -0.3 is 20.3 Å². The van der Waals surface area contributed by atoms with Crippen molar-refractivity contribution in [2.75, 3.05) is 0 Å². The third-order valence-corrected chi connectivity index (χ3v) is 6.44. The summed E-state index contributed by atoms with van der Waals surface area (Å²) < 4.78 is 5.51. The molecule has 41 heavy (non-hydrogen) atoms. The lowest BCUT2D eigenvalue weighted by Crippen LogP contribution is -2.59. The van der Waals surface area contributed by atoms with Crippen molar-refractivity contribution in [3.05, 3.63) is 107 Å². The predicted molar refractivity (Wildman–Crippen MR) is 162 cm³/mol. The Bertz CT molecular complexity index is 1290. The van der Waals surface area contributed by atoms with Crippen LogP contribution in [0.1, 0.15) is 69.8 Å².